The molecular formula is C13H18FNO. The number of benzene rings is 1. The first kappa shape index (κ1) is 11.4. The zero-order valence-electron chi connectivity index (χ0n) is 9.63. The van der Waals surface area contributed by atoms with E-state index in [-0.39, 0.29) is 5.82 Å². The van der Waals surface area contributed by atoms with E-state index in [1.165, 1.54) is 0 Å². The van der Waals surface area contributed by atoms with Crippen molar-refractivity contribution in [3.63, 3.8) is 0 Å². The van der Waals surface area contributed by atoms with Crippen LogP contribution in [0, 0.1) is 18.7 Å². The van der Waals surface area contributed by atoms with Gasteiger partial charge in [0, 0.05) is 25.4 Å². The van der Waals surface area contributed by atoms with Crippen molar-refractivity contribution in [2.45, 2.75) is 19.8 Å². The number of anilines is 1. The highest BCUT2D eigenvalue weighted by molar-refractivity contribution is 5.45. The van der Waals surface area contributed by atoms with Crippen LogP contribution in [0.25, 0.3) is 0 Å². The highest BCUT2D eigenvalue weighted by atomic mass is 19.1. The van der Waals surface area contributed by atoms with Crippen molar-refractivity contribution in [3.8, 4) is 0 Å². The Morgan fingerprint density at radius 1 is 1.31 bits per heavy atom. The van der Waals surface area contributed by atoms with Crippen LogP contribution in [0.1, 0.15) is 18.4 Å². The van der Waals surface area contributed by atoms with Crippen LogP contribution in [0.2, 0.25) is 0 Å². The van der Waals surface area contributed by atoms with Gasteiger partial charge in [-0.2, -0.15) is 0 Å². The minimum Gasteiger partial charge on any atom is -0.385 e. The number of ether oxygens (including phenoxy) is 1. The van der Waals surface area contributed by atoms with E-state index in [0.29, 0.717) is 5.92 Å². The van der Waals surface area contributed by atoms with Crippen LogP contribution >= 0.6 is 0 Å². The molecule has 0 aliphatic carbocycles. The summed E-state index contributed by atoms with van der Waals surface area (Å²) in [6, 6.07) is 5.06. The molecule has 0 unspecified atom stereocenters. The number of rotatable bonds is 3. The van der Waals surface area contributed by atoms with E-state index in [1.54, 1.807) is 12.1 Å². The maximum atomic E-state index is 13.1. The van der Waals surface area contributed by atoms with Crippen molar-refractivity contribution in [1.82, 2.24) is 0 Å². The summed E-state index contributed by atoms with van der Waals surface area (Å²) < 4.78 is 18.4. The van der Waals surface area contributed by atoms with Gasteiger partial charge in [-0.3, -0.25) is 0 Å². The lowest BCUT2D eigenvalue weighted by Crippen LogP contribution is -2.22. The Balaban J connectivity index is 1.88. The van der Waals surface area contributed by atoms with Crippen molar-refractivity contribution in [1.29, 1.82) is 0 Å². The molecule has 88 valence electrons. The molecule has 0 spiro atoms. The second-order valence-corrected chi connectivity index (χ2v) is 4.45. The zero-order valence-corrected chi connectivity index (χ0v) is 9.63. The first-order valence-corrected chi connectivity index (χ1v) is 5.83. The molecule has 1 aromatic carbocycles. The highest BCUT2D eigenvalue weighted by Gasteiger charge is 2.13. The summed E-state index contributed by atoms with van der Waals surface area (Å²) in [5, 5.41) is 3.30. The normalized spacial score (nSPS) is 17.4. The third kappa shape index (κ3) is 3.20. The van der Waals surface area contributed by atoms with Crippen LogP contribution in [-0.4, -0.2) is 19.8 Å². The van der Waals surface area contributed by atoms with Gasteiger partial charge >= 0.3 is 0 Å². The fraction of sp³-hybridized carbons (Fsp3) is 0.538. The smallest absolute Gasteiger partial charge is 0.125 e. The Labute approximate surface area is 95.8 Å². The molecule has 1 saturated heterocycles. The van der Waals surface area contributed by atoms with Crippen molar-refractivity contribution >= 4 is 5.69 Å². The second kappa shape index (κ2) is 5.30. The molecule has 0 radical (unpaired) electrons. The van der Waals surface area contributed by atoms with E-state index in [4.69, 9.17) is 4.74 Å². The summed E-state index contributed by atoms with van der Waals surface area (Å²) in [5.74, 6) is 0.479. The second-order valence-electron chi connectivity index (χ2n) is 4.45. The molecule has 0 aromatic heterocycles. The standard InChI is InChI=1S/C13H18FNO/c1-10-6-12(14)8-13(7-10)15-9-11-2-4-16-5-3-11/h6-8,11,15H,2-5,9H2,1H3. The first-order valence-electron chi connectivity index (χ1n) is 5.83. The van der Waals surface area contributed by atoms with Crippen molar-refractivity contribution in [2.24, 2.45) is 5.92 Å². The van der Waals surface area contributed by atoms with Crippen LogP contribution in [0.4, 0.5) is 10.1 Å². The molecule has 3 heteroatoms. The van der Waals surface area contributed by atoms with E-state index in [2.05, 4.69) is 5.32 Å². The van der Waals surface area contributed by atoms with Gasteiger partial charge < -0.3 is 10.1 Å². The topological polar surface area (TPSA) is 21.3 Å². The molecule has 0 saturated carbocycles. The first-order chi connectivity index (χ1) is 7.74. The van der Waals surface area contributed by atoms with Gasteiger partial charge in [0.1, 0.15) is 5.82 Å². The number of aryl methyl sites for hydroxylation is 1. The number of nitrogens with one attached hydrogen (secondary N) is 1. The van der Waals surface area contributed by atoms with E-state index in [9.17, 15) is 4.39 Å². The minimum atomic E-state index is -0.172. The Bertz CT molecular complexity index is 328. The Hall–Kier alpha value is -1.09. The Morgan fingerprint density at radius 3 is 2.75 bits per heavy atom. The van der Waals surface area contributed by atoms with E-state index < -0.39 is 0 Å². The molecule has 1 heterocycles. The molecule has 1 aliphatic rings. The van der Waals surface area contributed by atoms with E-state index in [0.717, 1.165) is 43.9 Å². The van der Waals surface area contributed by atoms with Crippen LogP contribution in [-0.2, 0) is 4.74 Å². The molecule has 0 bridgehead atoms. The number of hydrogen-bond acceptors (Lipinski definition) is 2. The fourth-order valence-corrected chi connectivity index (χ4v) is 2.05. The van der Waals surface area contributed by atoms with Gasteiger partial charge in [-0.1, -0.05) is 0 Å². The van der Waals surface area contributed by atoms with Gasteiger partial charge in [0.25, 0.3) is 0 Å². The summed E-state index contributed by atoms with van der Waals surface area (Å²) in [6.45, 7) is 4.53. The summed E-state index contributed by atoms with van der Waals surface area (Å²) in [7, 11) is 0. The number of hydrogen-bond donors (Lipinski definition) is 1. The Morgan fingerprint density at radius 2 is 2.06 bits per heavy atom. The van der Waals surface area contributed by atoms with Gasteiger partial charge in [0.15, 0.2) is 0 Å². The maximum Gasteiger partial charge on any atom is 0.125 e. The summed E-state index contributed by atoms with van der Waals surface area (Å²) in [6.07, 6.45) is 2.20. The van der Waals surface area contributed by atoms with Crippen LogP contribution in [0.3, 0.4) is 0 Å². The number of halogens is 1. The van der Waals surface area contributed by atoms with Gasteiger partial charge in [0.2, 0.25) is 0 Å². The van der Waals surface area contributed by atoms with Crippen LogP contribution < -0.4 is 5.32 Å². The highest BCUT2D eigenvalue weighted by Crippen LogP contribution is 2.17. The lowest BCUT2D eigenvalue weighted by atomic mass is 10.0. The molecule has 1 fully saturated rings. The monoisotopic (exact) mass is 223 g/mol. The SMILES string of the molecule is Cc1cc(F)cc(NCC2CCOCC2)c1. The lowest BCUT2D eigenvalue weighted by molar-refractivity contribution is 0.0699. The minimum absolute atomic E-state index is 0.172. The predicted octanol–water partition coefficient (Wildman–Crippen LogP) is 2.97. The summed E-state index contributed by atoms with van der Waals surface area (Å²) in [5.41, 5.74) is 1.83. The largest absolute Gasteiger partial charge is 0.385 e. The molecule has 1 N–H and O–H groups in total. The average Bonchev–Trinajstić information content (AvgIpc) is 2.27. The maximum absolute atomic E-state index is 13.1. The third-order valence-electron chi connectivity index (χ3n) is 2.98. The van der Waals surface area contributed by atoms with Gasteiger partial charge in [-0.05, 0) is 49.4 Å². The molecule has 1 aliphatic heterocycles. The van der Waals surface area contributed by atoms with Gasteiger partial charge in [0.05, 0.1) is 0 Å². The zero-order chi connectivity index (χ0) is 11.4. The molecule has 2 rings (SSSR count). The quantitative estimate of drug-likeness (QED) is 0.850. The van der Waals surface area contributed by atoms with Crippen LogP contribution in [0.5, 0.6) is 0 Å². The molecule has 0 amide bonds. The van der Waals surface area contributed by atoms with Crippen LogP contribution in [0.15, 0.2) is 18.2 Å². The molecular weight excluding hydrogens is 205 g/mol. The summed E-state index contributed by atoms with van der Waals surface area (Å²) >= 11 is 0. The van der Waals surface area contributed by atoms with Crippen molar-refractivity contribution < 1.29 is 9.13 Å². The molecule has 2 nitrogen and oxygen atoms in total. The molecule has 0 atom stereocenters. The van der Waals surface area contributed by atoms with Gasteiger partial charge in [-0.25, -0.2) is 4.39 Å². The lowest BCUT2D eigenvalue weighted by Gasteiger charge is -2.22. The summed E-state index contributed by atoms with van der Waals surface area (Å²) in [4.78, 5) is 0. The molecule has 1 aromatic rings. The Kier molecular flexibility index (Phi) is 3.78. The predicted molar refractivity (Wildman–Crippen MR) is 63.2 cm³/mol. The van der Waals surface area contributed by atoms with E-state index in [1.807, 2.05) is 13.0 Å². The fourth-order valence-electron chi connectivity index (χ4n) is 2.05. The molecule has 16 heavy (non-hydrogen) atoms. The van der Waals surface area contributed by atoms with Crippen molar-refractivity contribution in [3.05, 3.63) is 29.6 Å². The third-order valence-corrected chi connectivity index (χ3v) is 2.98. The van der Waals surface area contributed by atoms with Crippen molar-refractivity contribution in [2.75, 3.05) is 25.1 Å². The average molecular weight is 223 g/mol. The van der Waals surface area contributed by atoms with Gasteiger partial charge in [-0.15, -0.1) is 0 Å². The van der Waals surface area contributed by atoms with E-state index >= 15 is 0 Å².